The molecule has 0 heterocycles. The molecule has 12 heavy (non-hydrogen) atoms. The quantitative estimate of drug-likeness (QED) is 0.519. The Bertz CT molecular complexity index is 208. The number of aliphatic hydroxyl groups excluding tert-OH is 1. The van der Waals surface area contributed by atoms with Gasteiger partial charge in [-0.2, -0.15) is 0 Å². The lowest BCUT2D eigenvalue weighted by Gasteiger charge is -2.25. The summed E-state index contributed by atoms with van der Waals surface area (Å²) < 4.78 is 0. The average Bonchev–Trinajstić information content (AvgIpc) is 2.08. The SMILES string of the molecule is C=C(CCl)[C@H]1CC=C(C)[C@@H](O)C1. The molecule has 1 aliphatic carbocycles. The highest BCUT2D eigenvalue weighted by molar-refractivity contribution is 6.19. The summed E-state index contributed by atoms with van der Waals surface area (Å²) in [7, 11) is 0. The largest absolute Gasteiger partial charge is 0.389 e. The maximum absolute atomic E-state index is 9.54. The second kappa shape index (κ2) is 4.11. The second-order valence-electron chi connectivity index (χ2n) is 3.42. The van der Waals surface area contributed by atoms with Gasteiger partial charge in [-0.05, 0) is 31.3 Å². The Morgan fingerprint density at radius 1 is 1.83 bits per heavy atom. The van der Waals surface area contributed by atoms with E-state index in [4.69, 9.17) is 11.6 Å². The van der Waals surface area contributed by atoms with E-state index >= 15 is 0 Å². The molecule has 0 fully saturated rings. The van der Waals surface area contributed by atoms with Crippen LogP contribution in [0.5, 0.6) is 0 Å². The van der Waals surface area contributed by atoms with Crippen LogP contribution in [-0.4, -0.2) is 17.1 Å². The molecular weight excluding hydrogens is 172 g/mol. The zero-order valence-electron chi connectivity index (χ0n) is 7.39. The first-order valence-electron chi connectivity index (χ1n) is 4.23. The van der Waals surface area contributed by atoms with Gasteiger partial charge in [-0.3, -0.25) is 0 Å². The monoisotopic (exact) mass is 186 g/mol. The fraction of sp³-hybridized carbons (Fsp3) is 0.600. The Hall–Kier alpha value is -0.270. The Morgan fingerprint density at radius 2 is 2.50 bits per heavy atom. The lowest BCUT2D eigenvalue weighted by atomic mass is 9.84. The summed E-state index contributed by atoms with van der Waals surface area (Å²) in [6, 6.07) is 0. The highest BCUT2D eigenvalue weighted by Gasteiger charge is 2.21. The molecule has 0 saturated heterocycles. The highest BCUT2D eigenvalue weighted by atomic mass is 35.5. The minimum atomic E-state index is -0.288. The summed E-state index contributed by atoms with van der Waals surface area (Å²) in [6.07, 6.45) is 3.56. The van der Waals surface area contributed by atoms with Gasteiger partial charge in [0.2, 0.25) is 0 Å². The van der Waals surface area contributed by atoms with E-state index in [9.17, 15) is 5.11 Å². The molecule has 0 aromatic carbocycles. The van der Waals surface area contributed by atoms with E-state index in [1.807, 2.05) is 6.92 Å². The van der Waals surface area contributed by atoms with Crippen molar-refractivity contribution in [1.29, 1.82) is 0 Å². The van der Waals surface area contributed by atoms with Crippen molar-refractivity contribution < 1.29 is 5.11 Å². The summed E-state index contributed by atoms with van der Waals surface area (Å²) in [5, 5.41) is 9.54. The third-order valence-electron chi connectivity index (χ3n) is 2.51. The molecule has 1 N–H and O–H groups in total. The number of allylic oxidation sites excluding steroid dienone is 2. The van der Waals surface area contributed by atoms with Crippen LogP contribution < -0.4 is 0 Å². The van der Waals surface area contributed by atoms with Gasteiger partial charge in [0.15, 0.2) is 0 Å². The molecule has 0 aromatic rings. The van der Waals surface area contributed by atoms with E-state index in [1.165, 1.54) is 0 Å². The van der Waals surface area contributed by atoms with E-state index in [0.717, 1.165) is 24.0 Å². The second-order valence-corrected chi connectivity index (χ2v) is 3.69. The standard InChI is InChI=1S/C10H15ClO/c1-7-3-4-9(5-10(7)12)8(2)6-11/h3,9-10,12H,2,4-6H2,1H3/t9-,10-/m0/s1. The predicted molar refractivity (Wildman–Crippen MR) is 52.3 cm³/mol. The van der Waals surface area contributed by atoms with Gasteiger partial charge in [-0.15, -0.1) is 11.6 Å². The van der Waals surface area contributed by atoms with Crippen LogP contribution in [0.25, 0.3) is 0 Å². The van der Waals surface area contributed by atoms with Crippen molar-refractivity contribution in [3.8, 4) is 0 Å². The molecule has 0 unspecified atom stereocenters. The molecule has 2 heteroatoms. The van der Waals surface area contributed by atoms with Crippen LogP contribution in [0.4, 0.5) is 0 Å². The van der Waals surface area contributed by atoms with Crippen molar-refractivity contribution >= 4 is 11.6 Å². The van der Waals surface area contributed by atoms with Crippen LogP contribution in [0.2, 0.25) is 0 Å². The van der Waals surface area contributed by atoms with Crippen LogP contribution in [-0.2, 0) is 0 Å². The van der Waals surface area contributed by atoms with Crippen molar-refractivity contribution in [2.45, 2.75) is 25.9 Å². The van der Waals surface area contributed by atoms with E-state index in [0.29, 0.717) is 11.8 Å². The number of hydrogen-bond acceptors (Lipinski definition) is 1. The van der Waals surface area contributed by atoms with Crippen LogP contribution in [0.1, 0.15) is 19.8 Å². The Labute approximate surface area is 78.7 Å². The van der Waals surface area contributed by atoms with Gasteiger partial charge < -0.3 is 5.11 Å². The molecule has 68 valence electrons. The summed E-state index contributed by atoms with van der Waals surface area (Å²) in [5.41, 5.74) is 2.12. The maximum atomic E-state index is 9.54. The maximum Gasteiger partial charge on any atom is 0.0753 e. The van der Waals surface area contributed by atoms with Gasteiger partial charge in [0.05, 0.1) is 6.10 Å². The number of halogens is 1. The van der Waals surface area contributed by atoms with Gasteiger partial charge in [0, 0.05) is 5.88 Å². The summed E-state index contributed by atoms with van der Waals surface area (Å²) in [4.78, 5) is 0. The smallest absolute Gasteiger partial charge is 0.0753 e. The fourth-order valence-corrected chi connectivity index (χ4v) is 1.68. The molecule has 0 radical (unpaired) electrons. The topological polar surface area (TPSA) is 20.2 Å². The number of aliphatic hydroxyl groups is 1. The molecule has 1 rings (SSSR count). The number of hydrogen-bond donors (Lipinski definition) is 1. The lowest BCUT2D eigenvalue weighted by molar-refractivity contribution is 0.174. The molecule has 0 aromatic heterocycles. The Kier molecular flexibility index (Phi) is 3.36. The molecule has 0 amide bonds. The fourth-order valence-electron chi connectivity index (χ4n) is 1.46. The zero-order valence-corrected chi connectivity index (χ0v) is 8.14. The summed E-state index contributed by atoms with van der Waals surface area (Å²) in [6.45, 7) is 5.85. The van der Waals surface area contributed by atoms with Gasteiger partial charge >= 0.3 is 0 Å². The Balaban J connectivity index is 2.59. The first-order chi connectivity index (χ1) is 5.65. The van der Waals surface area contributed by atoms with Crippen molar-refractivity contribution in [2.24, 2.45) is 5.92 Å². The highest BCUT2D eigenvalue weighted by Crippen LogP contribution is 2.28. The van der Waals surface area contributed by atoms with E-state index in [1.54, 1.807) is 0 Å². The van der Waals surface area contributed by atoms with Crippen LogP contribution in [0.15, 0.2) is 23.8 Å². The summed E-state index contributed by atoms with van der Waals surface area (Å²) in [5.74, 6) is 0.880. The first kappa shape index (κ1) is 9.82. The van der Waals surface area contributed by atoms with Crippen LogP contribution in [0, 0.1) is 5.92 Å². The third-order valence-corrected chi connectivity index (χ3v) is 2.85. The Morgan fingerprint density at radius 3 is 3.00 bits per heavy atom. The summed E-state index contributed by atoms with van der Waals surface area (Å²) >= 11 is 5.67. The molecule has 0 spiro atoms. The molecule has 1 aliphatic rings. The molecule has 1 nitrogen and oxygen atoms in total. The van der Waals surface area contributed by atoms with Crippen molar-refractivity contribution in [2.75, 3.05) is 5.88 Å². The zero-order chi connectivity index (χ0) is 9.14. The molecule has 0 aliphatic heterocycles. The molecule has 2 atom stereocenters. The van der Waals surface area contributed by atoms with Gasteiger partial charge in [-0.1, -0.05) is 18.2 Å². The van der Waals surface area contributed by atoms with Crippen molar-refractivity contribution in [1.82, 2.24) is 0 Å². The predicted octanol–water partition coefficient (Wildman–Crippen LogP) is 2.50. The van der Waals surface area contributed by atoms with Gasteiger partial charge in [0.1, 0.15) is 0 Å². The lowest BCUT2D eigenvalue weighted by Crippen LogP contribution is -2.20. The van der Waals surface area contributed by atoms with E-state index in [2.05, 4.69) is 12.7 Å². The third kappa shape index (κ3) is 2.11. The number of alkyl halides is 1. The van der Waals surface area contributed by atoms with Crippen LogP contribution >= 0.6 is 11.6 Å². The number of rotatable bonds is 2. The van der Waals surface area contributed by atoms with E-state index < -0.39 is 0 Å². The van der Waals surface area contributed by atoms with Gasteiger partial charge in [0.25, 0.3) is 0 Å². The normalized spacial score (nSPS) is 29.8. The van der Waals surface area contributed by atoms with Crippen molar-refractivity contribution in [3.63, 3.8) is 0 Å². The molecule has 0 bridgehead atoms. The minimum absolute atomic E-state index is 0.288. The first-order valence-corrected chi connectivity index (χ1v) is 4.77. The van der Waals surface area contributed by atoms with E-state index in [-0.39, 0.29) is 6.10 Å². The minimum Gasteiger partial charge on any atom is -0.389 e. The van der Waals surface area contributed by atoms with Crippen molar-refractivity contribution in [3.05, 3.63) is 23.8 Å². The average molecular weight is 187 g/mol. The van der Waals surface area contributed by atoms with Crippen LogP contribution in [0.3, 0.4) is 0 Å². The molecule has 0 saturated carbocycles. The molecular formula is C10H15ClO. The van der Waals surface area contributed by atoms with Gasteiger partial charge in [-0.25, -0.2) is 0 Å².